The molecular weight excluding hydrogens is 297 g/mol. The van der Waals surface area contributed by atoms with E-state index in [4.69, 9.17) is 9.47 Å². The van der Waals surface area contributed by atoms with E-state index < -0.39 is 0 Å². The molecule has 3 aliphatic rings. The summed E-state index contributed by atoms with van der Waals surface area (Å²) in [5.74, 6) is 1.29. The molecular formula is C18H18FNO3. The van der Waals surface area contributed by atoms with Crippen LogP contribution in [0.5, 0.6) is 5.75 Å². The van der Waals surface area contributed by atoms with Gasteiger partial charge in [0.25, 0.3) is 0 Å². The molecule has 2 unspecified atom stereocenters. The van der Waals surface area contributed by atoms with Crippen LogP contribution in [0.3, 0.4) is 0 Å². The van der Waals surface area contributed by atoms with E-state index in [-0.39, 0.29) is 23.4 Å². The predicted molar refractivity (Wildman–Crippen MR) is 82.3 cm³/mol. The number of rotatable bonds is 2. The van der Waals surface area contributed by atoms with E-state index in [0.717, 1.165) is 29.9 Å². The Morgan fingerprint density at radius 2 is 2.30 bits per heavy atom. The SMILES string of the molecule is O=C1CCC(OC2=CCC3(C=C2)CCOc2ccc(F)cc23)N1. The summed E-state index contributed by atoms with van der Waals surface area (Å²) in [7, 11) is 0. The van der Waals surface area contributed by atoms with Gasteiger partial charge in [0, 0.05) is 23.8 Å². The summed E-state index contributed by atoms with van der Waals surface area (Å²) in [6.07, 6.45) is 8.53. The van der Waals surface area contributed by atoms with E-state index in [2.05, 4.69) is 11.4 Å². The minimum Gasteiger partial charge on any atom is -0.493 e. The fraction of sp³-hybridized carbons (Fsp3) is 0.389. The second-order valence-corrected chi connectivity index (χ2v) is 6.25. The van der Waals surface area contributed by atoms with E-state index in [0.29, 0.717) is 19.4 Å². The third-order valence-corrected chi connectivity index (χ3v) is 4.75. The number of carbonyl (C=O) groups excluding carboxylic acids is 1. The Hall–Kier alpha value is -2.30. The van der Waals surface area contributed by atoms with Crippen molar-refractivity contribution in [2.24, 2.45) is 0 Å². The third kappa shape index (κ3) is 2.60. The van der Waals surface area contributed by atoms with Crippen LogP contribution in [0, 0.1) is 5.82 Å². The van der Waals surface area contributed by atoms with Gasteiger partial charge in [-0.3, -0.25) is 4.79 Å². The molecule has 1 spiro atoms. The topological polar surface area (TPSA) is 47.6 Å². The summed E-state index contributed by atoms with van der Waals surface area (Å²) in [6.45, 7) is 0.617. The number of carbonyl (C=O) groups is 1. The first kappa shape index (κ1) is 14.3. The molecule has 1 aromatic rings. The van der Waals surface area contributed by atoms with Gasteiger partial charge in [-0.1, -0.05) is 6.08 Å². The molecule has 2 aliphatic heterocycles. The van der Waals surface area contributed by atoms with Crippen molar-refractivity contribution in [2.75, 3.05) is 6.61 Å². The molecule has 1 saturated heterocycles. The standard InChI is InChI=1S/C18H18FNO3/c19-12-1-2-15-14(11-12)18(9-10-22-15)7-5-13(6-8-18)23-17-4-3-16(21)20-17/h1-2,5-7,11,17H,3-4,8-10H2,(H,20,21). The molecule has 23 heavy (non-hydrogen) atoms. The molecule has 1 N–H and O–H groups in total. The van der Waals surface area contributed by atoms with Gasteiger partial charge in [0.2, 0.25) is 5.91 Å². The number of amides is 1. The van der Waals surface area contributed by atoms with E-state index in [1.807, 2.05) is 12.2 Å². The molecule has 1 aromatic carbocycles. The molecule has 120 valence electrons. The second-order valence-electron chi connectivity index (χ2n) is 6.25. The van der Waals surface area contributed by atoms with Crippen molar-refractivity contribution in [1.29, 1.82) is 0 Å². The Balaban J connectivity index is 1.54. The van der Waals surface area contributed by atoms with Crippen molar-refractivity contribution in [3.63, 3.8) is 0 Å². The summed E-state index contributed by atoms with van der Waals surface area (Å²) in [6, 6.07) is 4.69. The molecule has 0 radical (unpaired) electrons. The van der Waals surface area contributed by atoms with Gasteiger partial charge in [-0.25, -0.2) is 4.39 Å². The molecule has 4 rings (SSSR count). The summed E-state index contributed by atoms with van der Waals surface area (Å²) in [4.78, 5) is 11.2. The van der Waals surface area contributed by atoms with Crippen molar-refractivity contribution in [1.82, 2.24) is 5.32 Å². The normalized spacial score (nSPS) is 28.8. The van der Waals surface area contributed by atoms with Crippen LogP contribution in [0.2, 0.25) is 0 Å². The smallest absolute Gasteiger partial charge is 0.223 e. The lowest BCUT2D eigenvalue weighted by Crippen LogP contribution is -2.33. The van der Waals surface area contributed by atoms with E-state index >= 15 is 0 Å². The van der Waals surface area contributed by atoms with Crippen molar-refractivity contribution in [3.8, 4) is 5.75 Å². The van der Waals surface area contributed by atoms with Crippen LogP contribution < -0.4 is 10.1 Å². The molecule has 0 bridgehead atoms. The fourth-order valence-corrected chi connectivity index (χ4v) is 3.47. The Morgan fingerprint density at radius 1 is 1.39 bits per heavy atom. The number of hydrogen-bond acceptors (Lipinski definition) is 3. The Morgan fingerprint density at radius 3 is 3.04 bits per heavy atom. The first-order valence-corrected chi connectivity index (χ1v) is 7.93. The molecule has 1 fully saturated rings. The van der Waals surface area contributed by atoms with Gasteiger partial charge in [-0.05, 0) is 43.2 Å². The Labute approximate surface area is 134 Å². The van der Waals surface area contributed by atoms with Gasteiger partial charge in [-0.2, -0.15) is 0 Å². The zero-order chi connectivity index (χ0) is 15.9. The van der Waals surface area contributed by atoms with Gasteiger partial charge in [0.05, 0.1) is 6.61 Å². The largest absolute Gasteiger partial charge is 0.493 e. The van der Waals surface area contributed by atoms with Crippen molar-refractivity contribution in [2.45, 2.75) is 37.3 Å². The quantitative estimate of drug-likeness (QED) is 0.913. The maximum absolute atomic E-state index is 13.7. The zero-order valence-electron chi connectivity index (χ0n) is 12.7. The third-order valence-electron chi connectivity index (χ3n) is 4.75. The highest BCUT2D eigenvalue weighted by molar-refractivity contribution is 5.78. The van der Waals surface area contributed by atoms with Gasteiger partial charge in [-0.15, -0.1) is 0 Å². The van der Waals surface area contributed by atoms with Crippen LogP contribution in [-0.2, 0) is 14.9 Å². The van der Waals surface area contributed by atoms with E-state index in [9.17, 15) is 9.18 Å². The number of allylic oxidation sites excluding steroid dienone is 3. The number of hydrogen-bond donors (Lipinski definition) is 1. The summed E-state index contributed by atoms with van der Waals surface area (Å²) >= 11 is 0. The maximum atomic E-state index is 13.7. The first-order valence-electron chi connectivity index (χ1n) is 7.93. The minimum absolute atomic E-state index is 0.0284. The first-order chi connectivity index (χ1) is 11.1. The number of nitrogens with one attached hydrogen (secondary N) is 1. The molecule has 0 aromatic heterocycles. The molecule has 0 saturated carbocycles. The maximum Gasteiger partial charge on any atom is 0.223 e. The van der Waals surface area contributed by atoms with Crippen molar-refractivity contribution < 1.29 is 18.7 Å². The van der Waals surface area contributed by atoms with Gasteiger partial charge in [0.1, 0.15) is 17.3 Å². The fourth-order valence-electron chi connectivity index (χ4n) is 3.47. The lowest BCUT2D eigenvalue weighted by Gasteiger charge is -2.37. The molecule has 1 aliphatic carbocycles. The number of halogens is 1. The highest BCUT2D eigenvalue weighted by Crippen LogP contribution is 2.45. The number of ether oxygens (including phenoxy) is 2. The monoisotopic (exact) mass is 315 g/mol. The van der Waals surface area contributed by atoms with Crippen molar-refractivity contribution in [3.05, 3.63) is 53.6 Å². The predicted octanol–water partition coefficient (Wildman–Crippen LogP) is 2.94. The molecule has 1 amide bonds. The molecule has 2 atom stereocenters. The van der Waals surface area contributed by atoms with Gasteiger partial charge in [0.15, 0.2) is 6.23 Å². The van der Waals surface area contributed by atoms with Crippen LogP contribution >= 0.6 is 0 Å². The highest BCUT2D eigenvalue weighted by atomic mass is 19.1. The van der Waals surface area contributed by atoms with Crippen LogP contribution in [0.1, 0.15) is 31.2 Å². The van der Waals surface area contributed by atoms with Crippen LogP contribution in [0.15, 0.2) is 42.2 Å². The van der Waals surface area contributed by atoms with Crippen LogP contribution in [-0.4, -0.2) is 18.7 Å². The Bertz CT molecular complexity index is 712. The average Bonchev–Trinajstić information content (AvgIpc) is 2.96. The second kappa shape index (κ2) is 5.41. The lowest BCUT2D eigenvalue weighted by atomic mass is 9.71. The van der Waals surface area contributed by atoms with E-state index in [1.54, 1.807) is 12.1 Å². The molecule has 5 heteroatoms. The number of fused-ring (bicyclic) bond motifs is 2. The molecule has 4 nitrogen and oxygen atoms in total. The highest BCUT2D eigenvalue weighted by Gasteiger charge is 2.37. The summed E-state index contributed by atoms with van der Waals surface area (Å²) in [5, 5.41) is 2.79. The average molecular weight is 315 g/mol. The summed E-state index contributed by atoms with van der Waals surface area (Å²) < 4.78 is 25.1. The molecule has 2 heterocycles. The lowest BCUT2D eigenvalue weighted by molar-refractivity contribution is -0.120. The van der Waals surface area contributed by atoms with Gasteiger partial charge < -0.3 is 14.8 Å². The Kier molecular flexibility index (Phi) is 3.36. The number of benzene rings is 1. The zero-order valence-corrected chi connectivity index (χ0v) is 12.7. The van der Waals surface area contributed by atoms with Crippen LogP contribution in [0.25, 0.3) is 0 Å². The summed E-state index contributed by atoms with van der Waals surface area (Å²) in [5.41, 5.74) is 0.658. The van der Waals surface area contributed by atoms with Crippen LogP contribution in [0.4, 0.5) is 4.39 Å². The minimum atomic E-state index is -0.248. The van der Waals surface area contributed by atoms with Gasteiger partial charge >= 0.3 is 0 Å². The van der Waals surface area contributed by atoms with E-state index in [1.165, 1.54) is 6.07 Å². The van der Waals surface area contributed by atoms with Crippen molar-refractivity contribution >= 4 is 5.91 Å².